The highest BCUT2D eigenvalue weighted by molar-refractivity contribution is 5.89. The summed E-state index contributed by atoms with van der Waals surface area (Å²) >= 11 is 0. The summed E-state index contributed by atoms with van der Waals surface area (Å²) in [5.74, 6) is -5.93. The minimum absolute atomic E-state index is 0.170. The Bertz CT molecular complexity index is 1190. The zero-order valence-corrected chi connectivity index (χ0v) is 23.4. The van der Waals surface area contributed by atoms with E-state index in [9.17, 15) is 39.9 Å². The molecular weight excluding hydrogens is 528 g/mol. The molecule has 2 unspecified atom stereocenters. The molecule has 3 aliphatic carbocycles. The van der Waals surface area contributed by atoms with Gasteiger partial charge in [0.15, 0.2) is 0 Å². The van der Waals surface area contributed by atoms with E-state index in [0.717, 1.165) is 13.2 Å². The molecule has 2 bridgehead atoms. The number of carbonyl (C=O) groups excluding carboxylic acids is 3. The number of aliphatic hydroxyl groups excluding tert-OH is 4. The molecule has 5 N–H and O–H groups in total. The van der Waals surface area contributed by atoms with Crippen LogP contribution in [-0.4, -0.2) is 105 Å². The van der Waals surface area contributed by atoms with Crippen molar-refractivity contribution in [3.05, 3.63) is 23.3 Å². The Morgan fingerprint density at radius 3 is 2.40 bits per heavy atom. The molecule has 0 amide bonds. The number of esters is 3. The average Bonchev–Trinajstić information content (AvgIpc) is 3.17. The Morgan fingerprint density at radius 1 is 1.15 bits per heavy atom. The van der Waals surface area contributed by atoms with Crippen molar-refractivity contribution in [2.45, 2.75) is 88.9 Å². The Balaban J connectivity index is 1.70. The fourth-order valence-electron chi connectivity index (χ4n) is 8.49. The van der Waals surface area contributed by atoms with Crippen LogP contribution in [-0.2, 0) is 33.3 Å². The van der Waals surface area contributed by atoms with E-state index in [0.29, 0.717) is 5.57 Å². The van der Waals surface area contributed by atoms with Gasteiger partial charge in [0.05, 0.1) is 43.5 Å². The van der Waals surface area contributed by atoms with E-state index < -0.39 is 94.3 Å². The number of allylic oxidation sites excluding steroid dienone is 1. The predicted octanol–water partition coefficient (Wildman–Crippen LogP) is -0.855. The fourth-order valence-corrected chi connectivity index (χ4v) is 8.49. The van der Waals surface area contributed by atoms with Gasteiger partial charge in [-0.05, 0) is 45.6 Å². The second-order valence-corrected chi connectivity index (χ2v) is 12.7. The maximum absolute atomic E-state index is 13.5. The van der Waals surface area contributed by atoms with Crippen molar-refractivity contribution in [3.8, 4) is 0 Å². The predicted molar refractivity (Wildman–Crippen MR) is 134 cm³/mol. The standard InChI is InChI=1S/C28H38O12/c1-11-7-14(29)21(32)26(5)13(11)9-15-27-10-38-28(24(35)37-6,22(33)17(31)19(26)27)20(27)18(23(34)39-15)40-16(30)8-12(2)25(3,4)36/h7-8,13-15,17-22,29,31-33,36H,9-10H2,1-6H3/b12-8+/t13-,14-,15+,17?,18+,19?,20+,21+,22-,26-,27+,28-/m0/s1. The molecule has 2 heterocycles. The first-order chi connectivity index (χ1) is 18.5. The molecule has 0 radical (unpaired) electrons. The Hall–Kier alpha value is -2.35. The molecule has 5 rings (SSSR count). The zero-order chi connectivity index (χ0) is 29.7. The summed E-state index contributed by atoms with van der Waals surface area (Å²) in [6.45, 7) is 7.62. The van der Waals surface area contributed by atoms with Crippen molar-refractivity contribution in [3.63, 3.8) is 0 Å². The lowest BCUT2D eigenvalue weighted by molar-refractivity contribution is -0.303. The van der Waals surface area contributed by atoms with Crippen molar-refractivity contribution in [2.75, 3.05) is 13.7 Å². The van der Waals surface area contributed by atoms with Crippen LogP contribution in [0.25, 0.3) is 0 Å². The number of hydrogen-bond donors (Lipinski definition) is 5. The summed E-state index contributed by atoms with van der Waals surface area (Å²) in [6.07, 6.45) is -6.28. The van der Waals surface area contributed by atoms with Crippen molar-refractivity contribution >= 4 is 17.9 Å². The molecule has 0 aromatic carbocycles. The molecule has 2 saturated carbocycles. The van der Waals surface area contributed by atoms with Crippen LogP contribution in [0, 0.1) is 28.6 Å². The third-order valence-corrected chi connectivity index (χ3v) is 10.5. The summed E-state index contributed by atoms with van der Waals surface area (Å²) < 4.78 is 22.6. The number of rotatable bonds is 4. The maximum Gasteiger partial charge on any atom is 0.348 e. The number of carbonyl (C=O) groups is 3. The van der Waals surface area contributed by atoms with Gasteiger partial charge in [-0.25, -0.2) is 14.4 Å². The molecular formula is C28H38O12. The summed E-state index contributed by atoms with van der Waals surface area (Å²) in [5, 5.41) is 55.7. The molecule has 2 aliphatic heterocycles. The third-order valence-electron chi connectivity index (χ3n) is 10.5. The molecule has 0 aromatic heterocycles. The molecule has 12 heteroatoms. The second kappa shape index (κ2) is 9.07. The van der Waals surface area contributed by atoms with Gasteiger partial charge in [-0.15, -0.1) is 0 Å². The number of fused-ring (bicyclic) bond motifs is 2. The topological polar surface area (TPSA) is 189 Å². The Kier molecular flexibility index (Phi) is 6.61. The lowest BCUT2D eigenvalue weighted by atomic mass is 9.37. The van der Waals surface area contributed by atoms with Crippen molar-refractivity contribution in [1.29, 1.82) is 0 Å². The van der Waals surface area contributed by atoms with Gasteiger partial charge in [-0.2, -0.15) is 0 Å². The maximum atomic E-state index is 13.5. The van der Waals surface area contributed by atoms with E-state index in [1.165, 1.54) is 26.8 Å². The van der Waals surface area contributed by atoms with Gasteiger partial charge in [-0.3, -0.25) is 0 Å². The fraction of sp³-hybridized carbons (Fsp3) is 0.750. The molecule has 2 saturated heterocycles. The lowest BCUT2D eigenvalue weighted by Gasteiger charge is -2.68. The molecule has 4 fully saturated rings. The van der Waals surface area contributed by atoms with Crippen LogP contribution in [0.3, 0.4) is 0 Å². The van der Waals surface area contributed by atoms with Crippen molar-refractivity contribution in [1.82, 2.24) is 0 Å². The molecule has 12 nitrogen and oxygen atoms in total. The lowest BCUT2D eigenvalue weighted by Crippen LogP contribution is -2.80. The Morgan fingerprint density at radius 2 is 1.80 bits per heavy atom. The number of ether oxygens (including phenoxy) is 4. The van der Waals surface area contributed by atoms with E-state index in [1.807, 2.05) is 0 Å². The minimum atomic E-state index is -2.30. The van der Waals surface area contributed by atoms with Crippen LogP contribution in [0.5, 0.6) is 0 Å². The summed E-state index contributed by atoms with van der Waals surface area (Å²) in [6, 6.07) is 0. The molecule has 0 aromatic rings. The van der Waals surface area contributed by atoms with Crippen molar-refractivity contribution < 1.29 is 58.9 Å². The molecule has 222 valence electrons. The minimum Gasteiger partial charge on any atom is -0.467 e. The summed E-state index contributed by atoms with van der Waals surface area (Å²) in [4.78, 5) is 40.0. The molecule has 12 atom stereocenters. The van der Waals surface area contributed by atoms with Gasteiger partial charge in [0.1, 0.15) is 12.2 Å². The van der Waals surface area contributed by atoms with Crippen LogP contribution < -0.4 is 0 Å². The first-order valence-electron chi connectivity index (χ1n) is 13.4. The van der Waals surface area contributed by atoms with E-state index in [2.05, 4.69) is 0 Å². The van der Waals surface area contributed by atoms with Crippen LogP contribution in [0.15, 0.2) is 23.3 Å². The van der Waals surface area contributed by atoms with Gasteiger partial charge >= 0.3 is 17.9 Å². The largest absolute Gasteiger partial charge is 0.467 e. The van der Waals surface area contributed by atoms with E-state index in [-0.39, 0.29) is 18.6 Å². The van der Waals surface area contributed by atoms with E-state index in [1.54, 1.807) is 13.8 Å². The Labute approximate surface area is 231 Å². The van der Waals surface area contributed by atoms with Gasteiger partial charge < -0.3 is 44.5 Å². The first-order valence-corrected chi connectivity index (χ1v) is 13.4. The molecule has 5 aliphatic rings. The number of methoxy groups -OCH3 is 1. The van der Waals surface area contributed by atoms with Gasteiger partial charge in [-0.1, -0.05) is 18.6 Å². The number of hydrogen-bond acceptors (Lipinski definition) is 12. The van der Waals surface area contributed by atoms with Gasteiger partial charge in [0, 0.05) is 22.8 Å². The van der Waals surface area contributed by atoms with Gasteiger partial charge in [0.25, 0.3) is 0 Å². The van der Waals surface area contributed by atoms with Crippen LogP contribution in [0.2, 0.25) is 0 Å². The third kappa shape index (κ3) is 3.50. The molecule has 40 heavy (non-hydrogen) atoms. The SMILES string of the molecule is COC(=O)[C@@]12OC[C@]34C(C(O)[C@@H]1O)[C@@]1(C)[C@H](O)[C@@H](O)C=C(C)[C@@H]1C[C@H]3OC(=O)[C@H](OC(=O)/C=C(\C)C(C)(C)O)[C@@H]24. The highest BCUT2D eigenvalue weighted by Crippen LogP contribution is 2.72. The summed E-state index contributed by atoms with van der Waals surface area (Å²) in [7, 11) is 1.07. The monoisotopic (exact) mass is 566 g/mol. The zero-order valence-electron chi connectivity index (χ0n) is 23.4. The second-order valence-electron chi connectivity index (χ2n) is 12.7. The first kappa shape index (κ1) is 29.2. The molecule has 1 spiro atoms. The van der Waals surface area contributed by atoms with E-state index >= 15 is 0 Å². The van der Waals surface area contributed by atoms with Crippen LogP contribution in [0.4, 0.5) is 0 Å². The quantitative estimate of drug-likeness (QED) is 0.123. The van der Waals surface area contributed by atoms with Crippen LogP contribution >= 0.6 is 0 Å². The van der Waals surface area contributed by atoms with Gasteiger partial charge in [0.2, 0.25) is 11.7 Å². The highest BCUT2D eigenvalue weighted by Gasteiger charge is 2.85. The normalized spacial score (nSPS) is 47.9. The summed E-state index contributed by atoms with van der Waals surface area (Å²) in [5.41, 5.74) is -5.38. The smallest absolute Gasteiger partial charge is 0.348 e. The average molecular weight is 567 g/mol. The van der Waals surface area contributed by atoms with Crippen molar-refractivity contribution in [2.24, 2.45) is 28.6 Å². The highest BCUT2D eigenvalue weighted by atomic mass is 16.6. The van der Waals surface area contributed by atoms with E-state index in [4.69, 9.17) is 18.9 Å². The van der Waals surface area contributed by atoms with Crippen LogP contribution in [0.1, 0.15) is 41.0 Å². The number of aliphatic hydroxyl groups is 5.